The van der Waals surface area contributed by atoms with Crippen molar-refractivity contribution in [1.29, 1.82) is 0 Å². The van der Waals surface area contributed by atoms with E-state index >= 15 is 0 Å². The molecule has 0 heterocycles. The van der Waals surface area contributed by atoms with Crippen molar-refractivity contribution in [3.8, 4) is 0 Å². The van der Waals surface area contributed by atoms with Crippen molar-refractivity contribution in [3.63, 3.8) is 0 Å². The average molecular weight is 143 g/mol. The summed E-state index contributed by atoms with van der Waals surface area (Å²) in [6, 6.07) is 0.345. The minimum absolute atomic E-state index is 0.341. The number of carbonyl (C=O) groups excluding carboxylic acids is 1. The second-order valence-corrected chi connectivity index (χ2v) is 2.56. The molecule has 2 nitrogen and oxygen atoms in total. The van der Waals surface area contributed by atoms with Gasteiger partial charge in [0, 0.05) is 18.9 Å². The van der Waals surface area contributed by atoms with E-state index in [-0.39, 0.29) is 0 Å². The molecule has 0 fully saturated rings. The Morgan fingerprint density at radius 1 is 1.50 bits per heavy atom. The molecule has 0 bridgehead atoms. The number of hydrogen-bond acceptors (Lipinski definition) is 2. The number of hydrogen-bond donors (Lipinski definition) is 1. The van der Waals surface area contributed by atoms with E-state index < -0.39 is 0 Å². The average Bonchev–Trinajstić information content (AvgIpc) is 1.88. The Bertz CT molecular complexity index is 101. The van der Waals surface area contributed by atoms with Crippen molar-refractivity contribution in [2.75, 3.05) is 6.54 Å². The molecule has 0 aliphatic rings. The molecule has 60 valence electrons. The Balaban J connectivity index is 3.37. The third-order valence-electron chi connectivity index (χ3n) is 1.48. The predicted molar refractivity (Wildman–Crippen MR) is 43.1 cm³/mol. The smallest absolute Gasteiger partial charge is 0.134 e. The van der Waals surface area contributed by atoms with Gasteiger partial charge in [0.25, 0.3) is 0 Å². The van der Waals surface area contributed by atoms with Crippen LogP contribution < -0.4 is 5.32 Å². The highest BCUT2D eigenvalue weighted by molar-refractivity contribution is 5.78. The van der Waals surface area contributed by atoms with Crippen LogP contribution in [0.5, 0.6) is 0 Å². The summed E-state index contributed by atoms with van der Waals surface area (Å²) in [5.74, 6) is 0.341. The van der Waals surface area contributed by atoms with Crippen LogP contribution in [0.15, 0.2) is 0 Å². The van der Waals surface area contributed by atoms with Gasteiger partial charge in [-0.05, 0) is 13.5 Å². The molecule has 0 aromatic rings. The number of carbonyl (C=O) groups is 1. The summed E-state index contributed by atoms with van der Waals surface area (Å²) in [5, 5.41) is 3.19. The first-order chi connectivity index (χ1) is 4.70. The van der Waals surface area contributed by atoms with Crippen LogP contribution in [0.25, 0.3) is 0 Å². The van der Waals surface area contributed by atoms with Crippen LogP contribution in [0.4, 0.5) is 0 Å². The molecule has 0 aliphatic heterocycles. The maximum Gasteiger partial charge on any atom is 0.134 e. The lowest BCUT2D eigenvalue weighted by Gasteiger charge is -2.09. The topological polar surface area (TPSA) is 29.1 Å². The minimum Gasteiger partial charge on any atom is -0.314 e. The Hall–Kier alpha value is -0.370. The quantitative estimate of drug-likeness (QED) is 0.629. The highest BCUT2D eigenvalue weighted by Crippen LogP contribution is 1.94. The zero-order chi connectivity index (χ0) is 7.98. The summed E-state index contributed by atoms with van der Waals surface area (Å²) in [5.41, 5.74) is 0. The monoisotopic (exact) mass is 143 g/mol. The molecule has 1 atom stereocenters. The third kappa shape index (κ3) is 4.50. The van der Waals surface area contributed by atoms with Crippen molar-refractivity contribution >= 4 is 5.78 Å². The van der Waals surface area contributed by atoms with E-state index in [1.54, 1.807) is 0 Å². The van der Waals surface area contributed by atoms with Crippen molar-refractivity contribution in [3.05, 3.63) is 0 Å². The van der Waals surface area contributed by atoms with Crippen LogP contribution in [0.1, 0.15) is 33.6 Å². The van der Waals surface area contributed by atoms with Crippen LogP contribution >= 0.6 is 0 Å². The largest absolute Gasteiger partial charge is 0.314 e. The van der Waals surface area contributed by atoms with E-state index in [4.69, 9.17) is 0 Å². The SMILES string of the molecule is CCNC(C)CC(=O)CC. The fourth-order valence-corrected chi connectivity index (χ4v) is 0.906. The maximum absolute atomic E-state index is 10.9. The number of ketones is 1. The molecule has 1 N–H and O–H groups in total. The molecule has 0 aromatic heterocycles. The first kappa shape index (κ1) is 9.63. The highest BCUT2D eigenvalue weighted by Gasteiger charge is 2.04. The normalized spacial score (nSPS) is 13.1. The predicted octanol–water partition coefficient (Wildman–Crippen LogP) is 1.35. The van der Waals surface area contributed by atoms with Gasteiger partial charge in [-0.15, -0.1) is 0 Å². The van der Waals surface area contributed by atoms with E-state index in [0.717, 1.165) is 6.54 Å². The van der Waals surface area contributed by atoms with Crippen molar-refractivity contribution in [1.82, 2.24) is 5.32 Å². The summed E-state index contributed by atoms with van der Waals surface area (Å²) in [6.07, 6.45) is 1.33. The number of nitrogens with one attached hydrogen (secondary N) is 1. The summed E-state index contributed by atoms with van der Waals surface area (Å²) >= 11 is 0. The van der Waals surface area contributed by atoms with Gasteiger partial charge in [0.1, 0.15) is 5.78 Å². The van der Waals surface area contributed by atoms with E-state index in [1.807, 2.05) is 20.8 Å². The van der Waals surface area contributed by atoms with Gasteiger partial charge in [0.15, 0.2) is 0 Å². The molecule has 0 rings (SSSR count). The minimum atomic E-state index is 0.341. The first-order valence-corrected chi connectivity index (χ1v) is 3.95. The molecule has 0 saturated heterocycles. The van der Waals surface area contributed by atoms with Gasteiger partial charge in [-0.1, -0.05) is 13.8 Å². The van der Waals surface area contributed by atoms with Crippen molar-refractivity contribution in [2.45, 2.75) is 39.7 Å². The van der Waals surface area contributed by atoms with Crippen LogP contribution in [0, 0.1) is 0 Å². The molecule has 0 saturated carbocycles. The Morgan fingerprint density at radius 3 is 2.50 bits per heavy atom. The van der Waals surface area contributed by atoms with Crippen LogP contribution in [0.3, 0.4) is 0 Å². The maximum atomic E-state index is 10.9. The highest BCUT2D eigenvalue weighted by atomic mass is 16.1. The molecule has 10 heavy (non-hydrogen) atoms. The van der Waals surface area contributed by atoms with E-state index in [1.165, 1.54) is 0 Å². The third-order valence-corrected chi connectivity index (χ3v) is 1.48. The molecule has 0 aromatic carbocycles. The van der Waals surface area contributed by atoms with Gasteiger partial charge in [0.05, 0.1) is 0 Å². The molecular formula is C8H17NO. The van der Waals surface area contributed by atoms with Gasteiger partial charge in [-0.2, -0.15) is 0 Å². The van der Waals surface area contributed by atoms with Crippen LogP contribution in [-0.2, 0) is 4.79 Å². The lowest BCUT2D eigenvalue weighted by molar-refractivity contribution is -0.119. The van der Waals surface area contributed by atoms with Gasteiger partial charge < -0.3 is 5.32 Å². The lowest BCUT2D eigenvalue weighted by Crippen LogP contribution is -2.27. The van der Waals surface area contributed by atoms with Gasteiger partial charge in [0.2, 0.25) is 0 Å². The van der Waals surface area contributed by atoms with Crippen molar-refractivity contribution in [2.24, 2.45) is 0 Å². The zero-order valence-electron chi connectivity index (χ0n) is 7.11. The lowest BCUT2D eigenvalue weighted by atomic mass is 10.1. The van der Waals surface area contributed by atoms with Crippen LogP contribution in [0.2, 0.25) is 0 Å². The summed E-state index contributed by atoms with van der Waals surface area (Å²) in [7, 11) is 0. The standard InChI is InChI=1S/C8H17NO/c1-4-8(10)6-7(3)9-5-2/h7,9H,4-6H2,1-3H3. The zero-order valence-corrected chi connectivity index (χ0v) is 7.11. The molecule has 0 spiro atoms. The fourth-order valence-electron chi connectivity index (χ4n) is 0.906. The number of rotatable bonds is 5. The molecule has 0 aliphatic carbocycles. The number of Topliss-reactive ketones (excluding diaryl/α,β-unsaturated/α-hetero) is 1. The van der Waals surface area contributed by atoms with E-state index in [2.05, 4.69) is 5.32 Å². The molecule has 0 amide bonds. The molecule has 0 radical (unpaired) electrons. The van der Waals surface area contributed by atoms with E-state index in [0.29, 0.717) is 24.7 Å². The second kappa shape index (κ2) is 5.42. The summed E-state index contributed by atoms with van der Waals surface area (Å²) < 4.78 is 0. The van der Waals surface area contributed by atoms with Crippen molar-refractivity contribution < 1.29 is 4.79 Å². The fraction of sp³-hybridized carbons (Fsp3) is 0.875. The first-order valence-electron chi connectivity index (χ1n) is 3.95. The molecule has 2 heteroatoms. The van der Waals surface area contributed by atoms with E-state index in [9.17, 15) is 4.79 Å². The van der Waals surface area contributed by atoms with Gasteiger partial charge in [-0.3, -0.25) is 4.79 Å². The summed E-state index contributed by atoms with van der Waals surface area (Å²) in [6.45, 7) is 6.93. The molecular weight excluding hydrogens is 126 g/mol. The Kier molecular flexibility index (Phi) is 5.22. The summed E-state index contributed by atoms with van der Waals surface area (Å²) in [4.78, 5) is 10.9. The van der Waals surface area contributed by atoms with Gasteiger partial charge in [-0.25, -0.2) is 0 Å². The Morgan fingerprint density at radius 2 is 2.10 bits per heavy atom. The van der Waals surface area contributed by atoms with Crippen LogP contribution in [-0.4, -0.2) is 18.4 Å². The molecule has 1 unspecified atom stereocenters. The van der Waals surface area contributed by atoms with Gasteiger partial charge >= 0.3 is 0 Å². The Labute approximate surface area is 63.0 Å². The second-order valence-electron chi connectivity index (χ2n) is 2.56.